The first-order valence-corrected chi connectivity index (χ1v) is 9.13. The van der Waals surface area contributed by atoms with Gasteiger partial charge in [0, 0.05) is 10.4 Å². The molecule has 0 saturated heterocycles. The van der Waals surface area contributed by atoms with Crippen molar-refractivity contribution in [1.29, 1.82) is 0 Å². The molecule has 0 spiro atoms. The van der Waals surface area contributed by atoms with Gasteiger partial charge in [-0.1, -0.05) is 68.4 Å². The van der Waals surface area contributed by atoms with E-state index in [1.807, 2.05) is 48.5 Å². The number of benzene rings is 2. The van der Waals surface area contributed by atoms with Gasteiger partial charge in [-0.25, -0.2) is 4.98 Å². The number of nitrogens with zero attached hydrogens (tertiary/aromatic N) is 1. The fourth-order valence-electron chi connectivity index (χ4n) is 2.84. The molecule has 0 atom stereocenters. The highest BCUT2D eigenvalue weighted by Crippen LogP contribution is 2.31. The molecular formula is C21H18N2OS. The zero-order valence-corrected chi connectivity index (χ0v) is 14.9. The van der Waals surface area contributed by atoms with E-state index in [-0.39, 0.29) is 5.56 Å². The van der Waals surface area contributed by atoms with Crippen LogP contribution in [0.3, 0.4) is 0 Å². The van der Waals surface area contributed by atoms with Crippen LogP contribution in [0, 0.1) is 0 Å². The van der Waals surface area contributed by atoms with Crippen LogP contribution < -0.4 is 5.56 Å². The van der Waals surface area contributed by atoms with E-state index in [0.717, 1.165) is 20.8 Å². The molecule has 0 aliphatic rings. The molecule has 2 aromatic heterocycles. The number of H-pyrrole nitrogens is 1. The molecule has 0 saturated carbocycles. The summed E-state index contributed by atoms with van der Waals surface area (Å²) in [6.45, 7) is 4.33. The van der Waals surface area contributed by atoms with Gasteiger partial charge in [0.05, 0.1) is 5.39 Å². The van der Waals surface area contributed by atoms with E-state index in [1.165, 1.54) is 5.56 Å². The zero-order valence-electron chi connectivity index (χ0n) is 14.1. The molecule has 0 bridgehead atoms. The second kappa shape index (κ2) is 6.30. The van der Waals surface area contributed by atoms with Crippen LogP contribution in [0.15, 0.2) is 65.5 Å². The van der Waals surface area contributed by atoms with E-state index in [9.17, 15) is 4.79 Å². The standard InChI is InChI=1S/C21H18N2OS/c1-13(2)14-8-10-16(11-9-14)19-22-20(24)17-12-18(25-21(17)23-19)15-6-4-3-5-7-15/h3-13H,1-2H3,(H,22,23,24). The largest absolute Gasteiger partial charge is 0.306 e. The third kappa shape index (κ3) is 3.01. The molecule has 2 heterocycles. The van der Waals surface area contributed by atoms with Gasteiger partial charge in [0.25, 0.3) is 5.56 Å². The van der Waals surface area contributed by atoms with Crippen molar-refractivity contribution in [2.45, 2.75) is 19.8 Å². The lowest BCUT2D eigenvalue weighted by Crippen LogP contribution is -2.07. The number of thiophene rings is 1. The quantitative estimate of drug-likeness (QED) is 0.537. The number of aromatic nitrogens is 2. The van der Waals surface area contributed by atoms with Crippen molar-refractivity contribution in [2.24, 2.45) is 0 Å². The minimum Gasteiger partial charge on any atom is -0.306 e. The summed E-state index contributed by atoms with van der Waals surface area (Å²) in [5, 5.41) is 0.645. The van der Waals surface area contributed by atoms with Gasteiger partial charge in [0.1, 0.15) is 10.7 Å². The lowest BCUT2D eigenvalue weighted by atomic mass is 10.0. The van der Waals surface area contributed by atoms with Crippen molar-refractivity contribution in [2.75, 3.05) is 0 Å². The molecule has 4 aromatic rings. The van der Waals surface area contributed by atoms with Crippen LogP contribution in [-0.2, 0) is 0 Å². The second-order valence-electron chi connectivity index (χ2n) is 6.39. The fourth-order valence-corrected chi connectivity index (χ4v) is 3.88. The minimum atomic E-state index is -0.0913. The van der Waals surface area contributed by atoms with Gasteiger partial charge in [-0.15, -0.1) is 11.3 Å². The van der Waals surface area contributed by atoms with Crippen molar-refractivity contribution in [3.8, 4) is 21.8 Å². The first-order chi connectivity index (χ1) is 12.1. The third-order valence-electron chi connectivity index (χ3n) is 4.31. The smallest absolute Gasteiger partial charge is 0.259 e. The van der Waals surface area contributed by atoms with Gasteiger partial charge in [-0.05, 0) is 23.1 Å². The molecule has 2 aromatic carbocycles. The molecule has 0 aliphatic carbocycles. The van der Waals surface area contributed by atoms with Crippen LogP contribution in [0.1, 0.15) is 25.3 Å². The maximum Gasteiger partial charge on any atom is 0.259 e. The Morgan fingerprint density at radius 1 is 0.960 bits per heavy atom. The van der Waals surface area contributed by atoms with Crippen LogP contribution in [0.2, 0.25) is 0 Å². The summed E-state index contributed by atoms with van der Waals surface area (Å²) in [4.78, 5) is 21.9. The molecular weight excluding hydrogens is 328 g/mol. The van der Waals surface area contributed by atoms with Gasteiger partial charge in [0.15, 0.2) is 0 Å². The number of rotatable bonds is 3. The van der Waals surface area contributed by atoms with Crippen LogP contribution in [0.4, 0.5) is 0 Å². The number of hydrogen-bond donors (Lipinski definition) is 1. The van der Waals surface area contributed by atoms with Crippen molar-refractivity contribution in [3.63, 3.8) is 0 Å². The highest BCUT2D eigenvalue weighted by atomic mass is 32.1. The highest BCUT2D eigenvalue weighted by molar-refractivity contribution is 7.21. The first kappa shape index (κ1) is 15.8. The zero-order chi connectivity index (χ0) is 17.4. The average Bonchev–Trinajstić information content (AvgIpc) is 3.07. The van der Waals surface area contributed by atoms with Crippen LogP contribution in [0.5, 0.6) is 0 Å². The monoisotopic (exact) mass is 346 g/mol. The number of hydrogen-bond acceptors (Lipinski definition) is 3. The number of aromatic amines is 1. The summed E-state index contributed by atoms with van der Waals surface area (Å²) in [7, 11) is 0. The van der Waals surface area contributed by atoms with E-state index in [0.29, 0.717) is 17.1 Å². The minimum absolute atomic E-state index is 0.0913. The highest BCUT2D eigenvalue weighted by Gasteiger charge is 2.11. The predicted molar refractivity (Wildman–Crippen MR) is 105 cm³/mol. The molecule has 1 N–H and O–H groups in total. The first-order valence-electron chi connectivity index (χ1n) is 8.31. The molecule has 4 heteroatoms. The Kier molecular flexibility index (Phi) is 3.98. The van der Waals surface area contributed by atoms with E-state index in [1.54, 1.807) is 11.3 Å². The number of nitrogens with one attached hydrogen (secondary N) is 1. The topological polar surface area (TPSA) is 45.8 Å². The van der Waals surface area contributed by atoms with E-state index >= 15 is 0 Å². The average molecular weight is 346 g/mol. The van der Waals surface area contributed by atoms with Crippen molar-refractivity contribution in [1.82, 2.24) is 9.97 Å². The lowest BCUT2D eigenvalue weighted by molar-refractivity contribution is 0.867. The maximum atomic E-state index is 12.5. The molecule has 0 aliphatic heterocycles. The normalized spacial score (nSPS) is 11.3. The van der Waals surface area contributed by atoms with Crippen molar-refractivity contribution in [3.05, 3.63) is 76.6 Å². The SMILES string of the molecule is CC(C)c1ccc(-c2nc3sc(-c4ccccc4)cc3c(=O)[nH]2)cc1. The van der Waals surface area contributed by atoms with Crippen LogP contribution in [0.25, 0.3) is 32.0 Å². The molecule has 0 amide bonds. The third-order valence-corrected chi connectivity index (χ3v) is 5.39. The van der Waals surface area contributed by atoms with Gasteiger partial charge in [0.2, 0.25) is 0 Å². The summed E-state index contributed by atoms with van der Waals surface area (Å²) in [6, 6.07) is 20.2. The summed E-state index contributed by atoms with van der Waals surface area (Å²) in [5.41, 5.74) is 3.21. The number of fused-ring (bicyclic) bond motifs is 1. The van der Waals surface area contributed by atoms with E-state index in [2.05, 4.69) is 35.9 Å². The second-order valence-corrected chi connectivity index (χ2v) is 7.42. The Bertz CT molecular complexity index is 1080. The van der Waals surface area contributed by atoms with Gasteiger partial charge in [-0.3, -0.25) is 4.79 Å². The van der Waals surface area contributed by atoms with Crippen LogP contribution >= 0.6 is 11.3 Å². The Morgan fingerprint density at radius 2 is 1.68 bits per heavy atom. The van der Waals surface area contributed by atoms with Crippen LogP contribution in [-0.4, -0.2) is 9.97 Å². The summed E-state index contributed by atoms with van der Waals surface area (Å²) in [5.74, 6) is 1.10. The Hall–Kier alpha value is -2.72. The molecule has 25 heavy (non-hydrogen) atoms. The summed E-state index contributed by atoms with van der Waals surface area (Å²) in [6.07, 6.45) is 0. The molecule has 3 nitrogen and oxygen atoms in total. The molecule has 0 radical (unpaired) electrons. The Balaban J connectivity index is 1.80. The molecule has 0 unspecified atom stereocenters. The Labute approximate surface area is 150 Å². The van der Waals surface area contributed by atoms with Crippen molar-refractivity contribution >= 4 is 21.6 Å². The Morgan fingerprint density at radius 3 is 2.36 bits per heavy atom. The van der Waals surface area contributed by atoms with Crippen molar-refractivity contribution < 1.29 is 0 Å². The van der Waals surface area contributed by atoms with Gasteiger partial charge >= 0.3 is 0 Å². The summed E-state index contributed by atoms with van der Waals surface area (Å²) >= 11 is 1.55. The van der Waals surface area contributed by atoms with E-state index < -0.39 is 0 Å². The molecule has 0 fully saturated rings. The summed E-state index contributed by atoms with van der Waals surface area (Å²) < 4.78 is 0. The molecule has 4 rings (SSSR count). The fraction of sp³-hybridized carbons (Fsp3) is 0.143. The van der Waals surface area contributed by atoms with Gasteiger partial charge in [-0.2, -0.15) is 0 Å². The predicted octanol–water partition coefficient (Wildman–Crippen LogP) is 5.44. The van der Waals surface area contributed by atoms with E-state index in [4.69, 9.17) is 0 Å². The lowest BCUT2D eigenvalue weighted by Gasteiger charge is -2.06. The van der Waals surface area contributed by atoms with Gasteiger partial charge < -0.3 is 4.98 Å². The molecule has 124 valence electrons. The maximum absolute atomic E-state index is 12.5.